The van der Waals surface area contributed by atoms with Crippen LogP contribution in [0.5, 0.6) is 0 Å². The van der Waals surface area contributed by atoms with E-state index in [4.69, 9.17) is 11.6 Å². The number of thiazole rings is 1. The highest BCUT2D eigenvalue weighted by atomic mass is 35.5. The van der Waals surface area contributed by atoms with Crippen LogP contribution in [0.1, 0.15) is 20.8 Å². The quantitative estimate of drug-likeness (QED) is 0.802. The zero-order chi connectivity index (χ0) is 16.1. The van der Waals surface area contributed by atoms with Gasteiger partial charge in [-0.15, -0.1) is 22.9 Å². The Bertz CT molecular complexity index is 638. The second kappa shape index (κ2) is 7.61. The molecule has 1 aromatic carbocycles. The largest absolute Gasteiger partial charge is 0.349 e. The van der Waals surface area contributed by atoms with Crippen LogP contribution in [-0.2, 0) is 4.79 Å². The lowest BCUT2D eigenvalue weighted by Gasteiger charge is -2.16. The Hall–Kier alpha value is -1.59. The van der Waals surface area contributed by atoms with Gasteiger partial charge in [0.15, 0.2) is 5.13 Å². The molecular formula is C16H20ClN3OS. The van der Waals surface area contributed by atoms with Crippen LogP contribution in [0, 0.1) is 0 Å². The molecule has 2 aromatic rings. The van der Waals surface area contributed by atoms with Crippen molar-refractivity contribution in [3.63, 3.8) is 0 Å². The maximum Gasteiger partial charge on any atom is 0.242 e. The highest BCUT2D eigenvalue weighted by Crippen LogP contribution is 2.28. The third kappa shape index (κ3) is 3.99. The number of nitrogens with zero attached hydrogens (tertiary/aromatic N) is 2. The van der Waals surface area contributed by atoms with Crippen molar-refractivity contribution in [3.8, 4) is 11.3 Å². The van der Waals surface area contributed by atoms with Gasteiger partial charge in [0.25, 0.3) is 0 Å². The minimum atomic E-state index is -0.558. The first-order valence-electron chi connectivity index (χ1n) is 7.31. The molecule has 0 unspecified atom stereocenters. The van der Waals surface area contributed by atoms with Gasteiger partial charge in [-0.2, -0.15) is 0 Å². The Morgan fingerprint density at radius 2 is 2.14 bits per heavy atom. The van der Waals surface area contributed by atoms with E-state index in [0.29, 0.717) is 0 Å². The van der Waals surface area contributed by atoms with E-state index >= 15 is 0 Å². The van der Waals surface area contributed by atoms with E-state index in [9.17, 15) is 4.79 Å². The van der Waals surface area contributed by atoms with Crippen molar-refractivity contribution in [1.82, 2.24) is 4.98 Å². The maximum absolute atomic E-state index is 11.7. The topological polar surface area (TPSA) is 45.2 Å². The summed E-state index contributed by atoms with van der Waals surface area (Å²) in [5.74, 6) is -0.207. The molecule has 22 heavy (non-hydrogen) atoms. The van der Waals surface area contributed by atoms with Gasteiger partial charge in [0.1, 0.15) is 5.38 Å². The third-order valence-electron chi connectivity index (χ3n) is 3.31. The van der Waals surface area contributed by atoms with Crippen LogP contribution in [0.2, 0.25) is 0 Å². The number of hydrogen-bond donors (Lipinski definition) is 1. The number of nitrogens with one attached hydrogen (secondary N) is 1. The number of carbonyl (C=O) groups excluding carboxylic acids is 1. The Morgan fingerprint density at radius 3 is 2.77 bits per heavy atom. The molecule has 6 heteroatoms. The maximum atomic E-state index is 11.7. The molecule has 0 bridgehead atoms. The van der Waals surface area contributed by atoms with Crippen molar-refractivity contribution in [2.45, 2.75) is 26.1 Å². The van der Waals surface area contributed by atoms with E-state index in [1.807, 2.05) is 29.6 Å². The number of halogens is 1. The van der Waals surface area contributed by atoms with Crippen LogP contribution in [0.3, 0.4) is 0 Å². The molecule has 0 aliphatic rings. The zero-order valence-corrected chi connectivity index (χ0v) is 14.5. The fourth-order valence-electron chi connectivity index (χ4n) is 2.03. The molecule has 0 spiro atoms. The Morgan fingerprint density at radius 1 is 1.41 bits per heavy atom. The van der Waals surface area contributed by atoms with Crippen molar-refractivity contribution in [2.24, 2.45) is 0 Å². The first-order chi connectivity index (χ1) is 10.5. The van der Waals surface area contributed by atoms with Gasteiger partial charge >= 0.3 is 0 Å². The minimum Gasteiger partial charge on any atom is -0.349 e. The SMILES string of the molecule is CCN(CC)c1nc(-c2cccc(NC(=O)[C@@H](C)Cl)c2)cs1. The summed E-state index contributed by atoms with van der Waals surface area (Å²) in [4.78, 5) is 18.6. The van der Waals surface area contributed by atoms with Gasteiger partial charge in [0, 0.05) is 29.7 Å². The van der Waals surface area contributed by atoms with Crippen molar-refractivity contribution < 1.29 is 4.79 Å². The number of hydrogen-bond acceptors (Lipinski definition) is 4. The number of rotatable bonds is 6. The summed E-state index contributed by atoms with van der Waals surface area (Å²) in [5.41, 5.74) is 2.63. The van der Waals surface area contributed by atoms with E-state index in [2.05, 4.69) is 29.0 Å². The fourth-order valence-corrected chi connectivity index (χ4v) is 3.05. The van der Waals surface area contributed by atoms with Crippen LogP contribution < -0.4 is 10.2 Å². The van der Waals surface area contributed by atoms with Gasteiger partial charge in [-0.25, -0.2) is 4.98 Å². The summed E-state index contributed by atoms with van der Waals surface area (Å²) >= 11 is 7.41. The Kier molecular flexibility index (Phi) is 5.80. The van der Waals surface area contributed by atoms with Gasteiger partial charge in [-0.05, 0) is 32.9 Å². The number of carbonyl (C=O) groups is 1. The molecule has 1 amide bonds. The Labute approximate surface area is 140 Å². The van der Waals surface area contributed by atoms with Crippen LogP contribution in [0.25, 0.3) is 11.3 Å². The predicted octanol–water partition coefficient (Wildman–Crippen LogP) is 4.22. The van der Waals surface area contributed by atoms with Crippen LogP contribution in [-0.4, -0.2) is 29.4 Å². The Balaban J connectivity index is 2.21. The summed E-state index contributed by atoms with van der Waals surface area (Å²) in [6, 6.07) is 7.65. The molecule has 0 fully saturated rings. The molecule has 0 aliphatic heterocycles. The van der Waals surface area contributed by atoms with Gasteiger partial charge in [0.05, 0.1) is 5.69 Å². The fraction of sp³-hybridized carbons (Fsp3) is 0.375. The summed E-state index contributed by atoms with van der Waals surface area (Å²) in [5, 5.41) is 5.30. The summed E-state index contributed by atoms with van der Waals surface area (Å²) in [6.07, 6.45) is 0. The lowest BCUT2D eigenvalue weighted by molar-refractivity contribution is -0.115. The molecule has 1 atom stereocenters. The third-order valence-corrected chi connectivity index (χ3v) is 4.41. The van der Waals surface area contributed by atoms with Crippen LogP contribution in [0.4, 0.5) is 10.8 Å². The number of aromatic nitrogens is 1. The first-order valence-corrected chi connectivity index (χ1v) is 8.62. The summed E-state index contributed by atoms with van der Waals surface area (Å²) < 4.78 is 0. The van der Waals surface area contributed by atoms with Crippen molar-refractivity contribution in [1.29, 1.82) is 0 Å². The molecule has 0 radical (unpaired) electrons. The number of benzene rings is 1. The second-order valence-electron chi connectivity index (χ2n) is 4.87. The lowest BCUT2D eigenvalue weighted by Crippen LogP contribution is -2.21. The average molecular weight is 338 g/mol. The monoisotopic (exact) mass is 337 g/mol. The van der Waals surface area contributed by atoms with Crippen LogP contribution in [0.15, 0.2) is 29.6 Å². The number of anilines is 2. The molecule has 0 aliphatic carbocycles. The molecule has 0 saturated heterocycles. The van der Waals surface area contributed by atoms with E-state index in [-0.39, 0.29) is 5.91 Å². The number of alkyl halides is 1. The predicted molar refractivity (Wildman–Crippen MR) is 95.1 cm³/mol. The standard InChI is InChI=1S/C16H20ClN3OS/c1-4-20(5-2)16-19-14(10-22-16)12-7-6-8-13(9-12)18-15(21)11(3)17/h6-11H,4-5H2,1-3H3,(H,18,21)/t11-/m1/s1. The average Bonchev–Trinajstić information content (AvgIpc) is 2.98. The molecule has 118 valence electrons. The first kappa shape index (κ1) is 16.8. The van der Waals surface area contributed by atoms with Crippen molar-refractivity contribution in [2.75, 3.05) is 23.3 Å². The van der Waals surface area contributed by atoms with E-state index in [1.54, 1.807) is 18.3 Å². The minimum absolute atomic E-state index is 0.207. The van der Waals surface area contributed by atoms with Gasteiger partial charge < -0.3 is 10.2 Å². The highest BCUT2D eigenvalue weighted by Gasteiger charge is 2.12. The van der Waals surface area contributed by atoms with Crippen molar-refractivity contribution in [3.05, 3.63) is 29.6 Å². The highest BCUT2D eigenvalue weighted by molar-refractivity contribution is 7.14. The number of amides is 1. The van der Waals surface area contributed by atoms with Gasteiger partial charge in [0.2, 0.25) is 5.91 Å². The lowest BCUT2D eigenvalue weighted by atomic mass is 10.1. The summed E-state index contributed by atoms with van der Waals surface area (Å²) in [7, 11) is 0. The zero-order valence-electron chi connectivity index (χ0n) is 13.0. The molecule has 1 heterocycles. The second-order valence-corrected chi connectivity index (χ2v) is 6.36. The van der Waals surface area contributed by atoms with Crippen LogP contribution >= 0.6 is 22.9 Å². The molecule has 1 N–H and O–H groups in total. The van der Waals surface area contributed by atoms with E-state index < -0.39 is 5.38 Å². The normalized spacial score (nSPS) is 12.0. The van der Waals surface area contributed by atoms with Gasteiger partial charge in [-0.3, -0.25) is 4.79 Å². The molecular weight excluding hydrogens is 318 g/mol. The molecule has 4 nitrogen and oxygen atoms in total. The molecule has 0 saturated carbocycles. The van der Waals surface area contributed by atoms with E-state index in [0.717, 1.165) is 35.2 Å². The summed E-state index contributed by atoms with van der Waals surface area (Å²) in [6.45, 7) is 7.76. The molecule has 1 aromatic heterocycles. The smallest absolute Gasteiger partial charge is 0.242 e. The van der Waals surface area contributed by atoms with Gasteiger partial charge in [-0.1, -0.05) is 12.1 Å². The molecule has 2 rings (SSSR count). The van der Waals surface area contributed by atoms with E-state index in [1.165, 1.54) is 0 Å². The van der Waals surface area contributed by atoms with Crippen molar-refractivity contribution >= 4 is 39.7 Å².